The van der Waals surface area contributed by atoms with E-state index in [1.807, 2.05) is 32.0 Å². The predicted octanol–water partition coefficient (Wildman–Crippen LogP) is 0.720. The lowest BCUT2D eigenvalue weighted by molar-refractivity contribution is 0.359. The predicted molar refractivity (Wildman–Crippen MR) is 110 cm³/mol. The molecule has 0 atom stereocenters. The number of methoxy groups -OCH3 is 1. The average molecular weight is 398 g/mol. The molecular weight excluding hydrogens is 366 g/mol. The summed E-state index contributed by atoms with van der Waals surface area (Å²) in [5.41, 5.74) is 0.490. The molecule has 0 spiro atoms. The molecule has 0 saturated carbocycles. The summed E-state index contributed by atoms with van der Waals surface area (Å²) >= 11 is 0. The van der Waals surface area contributed by atoms with Crippen LogP contribution in [0.15, 0.2) is 29.3 Å². The van der Waals surface area contributed by atoms with Gasteiger partial charge in [-0.25, -0.2) is 13.1 Å². The van der Waals surface area contributed by atoms with E-state index in [9.17, 15) is 8.42 Å². The van der Waals surface area contributed by atoms with Crippen LogP contribution in [0, 0.1) is 0 Å². The number of sulfonamides is 1. The van der Waals surface area contributed by atoms with Gasteiger partial charge in [0.05, 0.1) is 19.1 Å². The van der Waals surface area contributed by atoms with Crippen molar-refractivity contribution in [2.24, 2.45) is 4.99 Å². The molecule has 1 aliphatic rings. The van der Waals surface area contributed by atoms with Gasteiger partial charge in [0.2, 0.25) is 10.0 Å². The molecule has 0 amide bonds. The smallest absolute Gasteiger partial charge is 0.209 e. The molecule has 1 aromatic carbocycles. The minimum Gasteiger partial charge on any atom is -0.495 e. The van der Waals surface area contributed by atoms with Gasteiger partial charge in [0.25, 0.3) is 0 Å². The number of nitrogens with zero attached hydrogens (tertiary/aromatic N) is 3. The normalized spacial score (nSPS) is 16.4. The lowest BCUT2D eigenvalue weighted by Crippen LogP contribution is -2.56. The van der Waals surface area contributed by atoms with Crippen molar-refractivity contribution in [2.75, 3.05) is 58.0 Å². The van der Waals surface area contributed by atoms with Crippen molar-refractivity contribution in [3.8, 4) is 5.75 Å². The van der Waals surface area contributed by atoms with E-state index in [0.717, 1.165) is 43.6 Å². The van der Waals surface area contributed by atoms with Crippen LogP contribution in [0.2, 0.25) is 0 Å². The molecule has 2 rings (SSSR count). The van der Waals surface area contributed by atoms with Gasteiger partial charge in [0.1, 0.15) is 5.75 Å². The number of guanidine groups is 1. The molecule has 0 aliphatic carbocycles. The fourth-order valence-corrected chi connectivity index (χ4v) is 4.30. The van der Waals surface area contributed by atoms with E-state index >= 15 is 0 Å². The van der Waals surface area contributed by atoms with E-state index in [1.165, 1.54) is 6.26 Å². The highest BCUT2D eigenvalue weighted by Gasteiger charge is 2.25. The van der Waals surface area contributed by atoms with Gasteiger partial charge in [0, 0.05) is 45.3 Å². The van der Waals surface area contributed by atoms with Crippen LogP contribution in [0.3, 0.4) is 0 Å². The van der Waals surface area contributed by atoms with Gasteiger partial charge in [-0.05, 0) is 26.0 Å². The Morgan fingerprint density at radius 3 is 2.41 bits per heavy atom. The Kier molecular flexibility index (Phi) is 6.94. The summed E-state index contributed by atoms with van der Waals surface area (Å²) in [6.45, 7) is 7.47. The zero-order valence-corrected chi connectivity index (χ0v) is 17.6. The number of hydrogen-bond acceptors (Lipinski definition) is 5. The van der Waals surface area contributed by atoms with Crippen molar-refractivity contribution < 1.29 is 13.2 Å². The Morgan fingerprint density at radius 1 is 1.22 bits per heavy atom. The monoisotopic (exact) mass is 397 g/mol. The van der Waals surface area contributed by atoms with E-state index in [2.05, 4.69) is 30.9 Å². The summed E-state index contributed by atoms with van der Waals surface area (Å²) in [6.07, 6.45) is 1.17. The van der Waals surface area contributed by atoms with Crippen LogP contribution in [0.1, 0.15) is 13.8 Å². The third-order valence-electron chi connectivity index (χ3n) is 4.37. The van der Waals surface area contributed by atoms with Gasteiger partial charge < -0.3 is 19.9 Å². The molecule has 0 radical (unpaired) electrons. The molecule has 0 unspecified atom stereocenters. The lowest BCUT2D eigenvalue weighted by atomic mass is 10.1. The molecule has 1 aromatic rings. The Labute approximate surface area is 162 Å². The molecule has 152 valence electrons. The van der Waals surface area contributed by atoms with Crippen molar-refractivity contribution in [3.05, 3.63) is 24.3 Å². The molecule has 1 fully saturated rings. The van der Waals surface area contributed by atoms with E-state index in [1.54, 1.807) is 14.2 Å². The summed E-state index contributed by atoms with van der Waals surface area (Å²) < 4.78 is 31.1. The second kappa shape index (κ2) is 8.79. The fourth-order valence-electron chi connectivity index (χ4n) is 3.22. The highest BCUT2D eigenvalue weighted by molar-refractivity contribution is 7.88. The van der Waals surface area contributed by atoms with Gasteiger partial charge in [-0.1, -0.05) is 12.1 Å². The van der Waals surface area contributed by atoms with Crippen LogP contribution in [-0.2, 0) is 10.0 Å². The zero-order chi connectivity index (χ0) is 20.1. The number of ether oxygens (including phenoxy) is 1. The minimum absolute atomic E-state index is 0.444. The number of rotatable bonds is 6. The third-order valence-corrected chi connectivity index (χ3v) is 5.29. The maximum atomic E-state index is 11.5. The number of para-hydroxylation sites is 2. The maximum Gasteiger partial charge on any atom is 0.209 e. The van der Waals surface area contributed by atoms with Gasteiger partial charge in [-0.2, -0.15) is 0 Å². The Hall–Kier alpha value is -2.00. The fraction of sp³-hybridized carbons (Fsp3) is 0.611. The first-order chi connectivity index (χ1) is 12.6. The number of anilines is 1. The molecule has 2 N–H and O–H groups in total. The van der Waals surface area contributed by atoms with E-state index in [0.29, 0.717) is 6.54 Å². The minimum atomic E-state index is -3.27. The number of aliphatic imine (C=N–C) groups is 1. The van der Waals surface area contributed by atoms with E-state index in [4.69, 9.17) is 4.74 Å². The first-order valence-corrected chi connectivity index (χ1v) is 10.9. The standard InChI is InChI=1S/C18H31N5O3S/c1-18(2,21-27(5,24)25)14-20-17(19-3)23-12-10-22(11-13-23)15-8-6-7-9-16(15)26-4/h6-9,21H,10-14H2,1-5H3,(H,19,20). The topological polar surface area (TPSA) is 86.3 Å². The van der Waals surface area contributed by atoms with Gasteiger partial charge >= 0.3 is 0 Å². The van der Waals surface area contributed by atoms with Crippen molar-refractivity contribution in [1.82, 2.24) is 14.9 Å². The van der Waals surface area contributed by atoms with Crippen LogP contribution < -0.4 is 19.7 Å². The average Bonchev–Trinajstić information content (AvgIpc) is 2.60. The quantitative estimate of drug-likeness (QED) is 0.543. The second-order valence-corrected chi connectivity index (χ2v) is 9.05. The maximum absolute atomic E-state index is 11.5. The van der Waals surface area contributed by atoms with Crippen LogP contribution in [-0.4, -0.2) is 78.0 Å². The molecule has 1 heterocycles. The van der Waals surface area contributed by atoms with Crippen molar-refractivity contribution in [2.45, 2.75) is 19.4 Å². The van der Waals surface area contributed by atoms with Crippen molar-refractivity contribution in [1.29, 1.82) is 0 Å². The van der Waals surface area contributed by atoms with Crippen molar-refractivity contribution in [3.63, 3.8) is 0 Å². The van der Waals surface area contributed by atoms with Crippen LogP contribution in [0.5, 0.6) is 5.75 Å². The summed E-state index contributed by atoms with van der Waals surface area (Å²) in [6, 6.07) is 8.03. The highest BCUT2D eigenvalue weighted by Crippen LogP contribution is 2.28. The largest absolute Gasteiger partial charge is 0.495 e. The van der Waals surface area contributed by atoms with Crippen LogP contribution in [0.25, 0.3) is 0 Å². The summed E-state index contributed by atoms with van der Waals surface area (Å²) in [4.78, 5) is 8.84. The SMILES string of the molecule is CN=C(NCC(C)(C)NS(C)(=O)=O)N1CCN(c2ccccc2OC)CC1. The van der Waals surface area contributed by atoms with Gasteiger partial charge in [-0.3, -0.25) is 4.99 Å². The summed E-state index contributed by atoms with van der Waals surface area (Å²) in [5, 5.41) is 3.28. The number of piperazine rings is 1. The molecule has 8 nitrogen and oxygen atoms in total. The summed E-state index contributed by atoms with van der Waals surface area (Å²) in [5.74, 6) is 1.65. The zero-order valence-electron chi connectivity index (χ0n) is 16.8. The van der Waals surface area contributed by atoms with Crippen LogP contribution in [0.4, 0.5) is 5.69 Å². The van der Waals surface area contributed by atoms with Crippen LogP contribution >= 0.6 is 0 Å². The highest BCUT2D eigenvalue weighted by atomic mass is 32.2. The first-order valence-electron chi connectivity index (χ1n) is 8.98. The number of nitrogens with one attached hydrogen (secondary N) is 2. The number of hydrogen-bond donors (Lipinski definition) is 2. The second-order valence-electron chi connectivity index (χ2n) is 7.30. The van der Waals surface area contributed by atoms with E-state index in [-0.39, 0.29) is 0 Å². The van der Waals surface area contributed by atoms with Crippen molar-refractivity contribution >= 4 is 21.7 Å². The molecular formula is C18H31N5O3S. The lowest BCUT2D eigenvalue weighted by Gasteiger charge is -2.38. The Balaban J connectivity index is 1.93. The van der Waals surface area contributed by atoms with E-state index < -0.39 is 15.6 Å². The first kappa shape index (κ1) is 21.3. The Bertz CT molecular complexity index is 756. The molecule has 27 heavy (non-hydrogen) atoms. The molecule has 0 bridgehead atoms. The molecule has 1 aliphatic heterocycles. The molecule has 9 heteroatoms. The number of benzene rings is 1. The molecule has 1 saturated heterocycles. The van der Waals surface area contributed by atoms with Gasteiger partial charge in [0.15, 0.2) is 5.96 Å². The third kappa shape index (κ3) is 6.28. The van der Waals surface area contributed by atoms with Gasteiger partial charge in [-0.15, -0.1) is 0 Å². The Morgan fingerprint density at radius 2 is 1.85 bits per heavy atom. The summed E-state index contributed by atoms with van der Waals surface area (Å²) in [7, 11) is 0.162. The molecule has 0 aromatic heterocycles.